The molecule has 1 aromatic heterocycles. The predicted molar refractivity (Wildman–Crippen MR) is 115 cm³/mol. The Kier molecular flexibility index (Phi) is 5.78. The summed E-state index contributed by atoms with van der Waals surface area (Å²) in [5.41, 5.74) is 1.57. The second-order valence-corrected chi connectivity index (χ2v) is 9.58. The fourth-order valence-corrected chi connectivity index (χ4v) is 5.77. The van der Waals surface area contributed by atoms with Crippen molar-refractivity contribution in [3.05, 3.63) is 58.6 Å². The van der Waals surface area contributed by atoms with Crippen LogP contribution >= 0.6 is 11.8 Å². The first-order valence-electron chi connectivity index (χ1n) is 9.37. The number of benzene rings is 2. The first-order chi connectivity index (χ1) is 14.4. The molecule has 0 bridgehead atoms. The van der Waals surface area contributed by atoms with Gasteiger partial charge in [0.2, 0.25) is 10.0 Å². The van der Waals surface area contributed by atoms with Gasteiger partial charge in [-0.05, 0) is 24.5 Å². The average molecular weight is 448 g/mol. The van der Waals surface area contributed by atoms with Crippen molar-refractivity contribution >= 4 is 38.5 Å². The molecule has 0 N–H and O–H groups in total. The number of para-hydroxylation sites is 3. The molecule has 30 heavy (non-hydrogen) atoms. The van der Waals surface area contributed by atoms with Crippen molar-refractivity contribution < 1.29 is 13.3 Å². The number of sulfonamides is 1. The molecule has 9 nitrogen and oxygen atoms in total. The average Bonchev–Trinajstić information content (AvgIpc) is 3.11. The third-order valence-corrected chi connectivity index (χ3v) is 7.78. The summed E-state index contributed by atoms with van der Waals surface area (Å²) in [7, 11) is -3.93. The molecular weight excluding hydrogens is 426 g/mol. The highest BCUT2D eigenvalue weighted by molar-refractivity contribution is 7.98. The summed E-state index contributed by atoms with van der Waals surface area (Å²) >= 11 is 1.57. The molecule has 0 amide bonds. The van der Waals surface area contributed by atoms with Gasteiger partial charge >= 0.3 is 0 Å². The number of nitrogens with zero attached hydrogens (tertiary/aromatic N) is 5. The van der Waals surface area contributed by atoms with Crippen molar-refractivity contribution in [1.82, 2.24) is 18.8 Å². The van der Waals surface area contributed by atoms with Crippen LogP contribution in [-0.4, -0.2) is 64.5 Å². The number of thioether (sulfide) groups is 1. The largest absolute Gasteiger partial charge is 0.305 e. The molecule has 11 heteroatoms. The lowest BCUT2D eigenvalue weighted by Crippen LogP contribution is -2.48. The number of hydrogen-bond acceptors (Lipinski definition) is 7. The Hall–Kier alpha value is -2.47. The molecule has 2 aromatic carbocycles. The summed E-state index contributed by atoms with van der Waals surface area (Å²) in [4.78, 5) is 17.2. The van der Waals surface area contributed by atoms with Gasteiger partial charge in [0.1, 0.15) is 0 Å². The Morgan fingerprint density at radius 2 is 1.73 bits per heavy atom. The van der Waals surface area contributed by atoms with Crippen molar-refractivity contribution in [3.63, 3.8) is 0 Å². The van der Waals surface area contributed by atoms with E-state index in [0.717, 1.165) is 16.2 Å². The van der Waals surface area contributed by atoms with Crippen molar-refractivity contribution in [3.8, 4) is 0 Å². The lowest BCUT2D eigenvalue weighted by atomic mass is 10.3. The van der Waals surface area contributed by atoms with Gasteiger partial charge in [0.25, 0.3) is 5.69 Å². The molecule has 0 unspecified atom stereocenters. The van der Waals surface area contributed by atoms with E-state index in [1.54, 1.807) is 11.8 Å². The van der Waals surface area contributed by atoms with E-state index >= 15 is 0 Å². The van der Waals surface area contributed by atoms with Gasteiger partial charge in [-0.2, -0.15) is 4.31 Å². The van der Waals surface area contributed by atoms with Crippen molar-refractivity contribution in [2.24, 2.45) is 0 Å². The Morgan fingerprint density at radius 3 is 2.43 bits per heavy atom. The number of nitro benzene ring substituents is 1. The molecule has 0 aliphatic carbocycles. The summed E-state index contributed by atoms with van der Waals surface area (Å²) in [6.07, 6.45) is 1.98. The smallest absolute Gasteiger partial charge is 0.289 e. The van der Waals surface area contributed by atoms with Crippen molar-refractivity contribution in [2.75, 3.05) is 32.4 Å². The molecule has 2 heterocycles. The van der Waals surface area contributed by atoms with E-state index in [2.05, 4.69) is 14.5 Å². The monoisotopic (exact) mass is 447 g/mol. The van der Waals surface area contributed by atoms with Gasteiger partial charge < -0.3 is 4.57 Å². The van der Waals surface area contributed by atoms with E-state index in [-0.39, 0.29) is 18.0 Å². The second-order valence-electron chi connectivity index (χ2n) is 6.90. The lowest BCUT2D eigenvalue weighted by molar-refractivity contribution is -0.387. The van der Waals surface area contributed by atoms with Gasteiger partial charge in [-0.1, -0.05) is 36.0 Å². The highest BCUT2D eigenvalue weighted by atomic mass is 32.2. The third-order valence-electron chi connectivity index (χ3n) is 5.15. The van der Waals surface area contributed by atoms with Gasteiger partial charge in [-0.15, -0.1) is 0 Å². The van der Waals surface area contributed by atoms with E-state index in [9.17, 15) is 18.5 Å². The number of nitro groups is 1. The normalized spacial score (nSPS) is 16.2. The number of imidazole rings is 1. The summed E-state index contributed by atoms with van der Waals surface area (Å²) in [6, 6.07) is 13.4. The number of fused-ring (bicyclic) bond motifs is 1. The fourth-order valence-electron chi connectivity index (χ4n) is 3.62. The zero-order valence-corrected chi connectivity index (χ0v) is 18.0. The maximum atomic E-state index is 13.0. The lowest BCUT2D eigenvalue weighted by Gasteiger charge is -2.34. The van der Waals surface area contributed by atoms with Crippen molar-refractivity contribution in [1.29, 1.82) is 0 Å². The highest BCUT2D eigenvalue weighted by Gasteiger charge is 2.33. The molecule has 158 valence electrons. The molecule has 4 rings (SSSR count). The minimum absolute atomic E-state index is 0.256. The summed E-state index contributed by atoms with van der Waals surface area (Å²) in [5.74, 6) is 0. The van der Waals surface area contributed by atoms with Crippen LogP contribution in [0.5, 0.6) is 0 Å². The number of rotatable bonds is 6. The van der Waals surface area contributed by atoms with Gasteiger partial charge in [0, 0.05) is 32.2 Å². The second kappa shape index (κ2) is 8.34. The maximum absolute atomic E-state index is 13.0. The van der Waals surface area contributed by atoms with E-state index in [0.29, 0.717) is 19.8 Å². The van der Waals surface area contributed by atoms with Gasteiger partial charge in [0.15, 0.2) is 10.1 Å². The molecular formula is C19H21N5O4S2. The fraction of sp³-hybridized carbons (Fsp3) is 0.316. The Bertz CT molecular complexity index is 1190. The van der Waals surface area contributed by atoms with Gasteiger partial charge in [0.05, 0.1) is 22.6 Å². The first-order valence-corrected chi connectivity index (χ1v) is 12.0. The van der Waals surface area contributed by atoms with Crippen LogP contribution in [0, 0.1) is 10.1 Å². The predicted octanol–water partition coefficient (Wildman–Crippen LogP) is 2.63. The molecule has 0 spiro atoms. The molecule has 0 atom stereocenters. The standard InChI is InChI=1S/C19H21N5O4S2/c1-29-19-20-15-6-2-3-7-16(15)23(19)14-21-10-12-22(13-11-21)30(27,28)18-9-5-4-8-17(18)24(25)26/h2-9H,10-14H2,1H3. The summed E-state index contributed by atoms with van der Waals surface area (Å²) < 4.78 is 29.4. The molecule has 0 radical (unpaired) electrons. The molecule has 1 aliphatic heterocycles. The summed E-state index contributed by atoms with van der Waals surface area (Å²) in [6.45, 7) is 2.21. The maximum Gasteiger partial charge on any atom is 0.289 e. The Morgan fingerprint density at radius 1 is 1.07 bits per heavy atom. The van der Waals surface area contributed by atoms with Crippen LogP contribution in [0.2, 0.25) is 0 Å². The zero-order valence-electron chi connectivity index (χ0n) is 16.3. The van der Waals surface area contributed by atoms with Crippen LogP contribution in [0.3, 0.4) is 0 Å². The Balaban J connectivity index is 1.51. The summed E-state index contributed by atoms with van der Waals surface area (Å²) in [5, 5.41) is 12.2. The van der Waals surface area contributed by atoms with Crippen LogP contribution < -0.4 is 0 Å². The molecule has 1 aliphatic rings. The molecule has 3 aromatic rings. The van der Waals surface area contributed by atoms with Crippen LogP contribution in [-0.2, 0) is 16.7 Å². The molecule has 1 fully saturated rings. The number of hydrogen-bond donors (Lipinski definition) is 0. The van der Waals surface area contributed by atoms with Crippen LogP contribution in [0.25, 0.3) is 11.0 Å². The SMILES string of the molecule is CSc1nc2ccccc2n1CN1CCN(S(=O)(=O)c2ccccc2[N+](=O)[O-])CC1. The highest BCUT2D eigenvalue weighted by Crippen LogP contribution is 2.27. The van der Waals surface area contributed by atoms with Crippen LogP contribution in [0.1, 0.15) is 0 Å². The minimum Gasteiger partial charge on any atom is -0.305 e. The van der Waals surface area contributed by atoms with E-state index in [4.69, 9.17) is 0 Å². The van der Waals surface area contributed by atoms with Crippen molar-refractivity contribution in [2.45, 2.75) is 16.7 Å². The quantitative estimate of drug-likeness (QED) is 0.325. The van der Waals surface area contributed by atoms with Crippen LogP contribution in [0.15, 0.2) is 58.6 Å². The van der Waals surface area contributed by atoms with E-state index < -0.39 is 20.6 Å². The topological polar surface area (TPSA) is 102 Å². The zero-order chi connectivity index (χ0) is 21.3. The first kappa shape index (κ1) is 20.8. The number of piperazine rings is 1. The van der Waals surface area contributed by atoms with E-state index in [1.807, 2.05) is 30.5 Å². The van der Waals surface area contributed by atoms with Gasteiger partial charge in [-0.3, -0.25) is 15.0 Å². The Labute approximate surface area is 178 Å². The van der Waals surface area contributed by atoms with Crippen LogP contribution in [0.4, 0.5) is 5.69 Å². The van der Waals surface area contributed by atoms with Gasteiger partial charge in [-0.25, -0.2) is 13.4 Å². The molecule has 0 saturated carbocycles. The third kappa shape index (κ3) is 3.81. The molecule has 1 saturated heterocycles. The minimum atomic E-state index is -3.93. The van der Waals surface area contributed by atoms with E-state index in [1.165, 1.54) is 28.6 Å². The number of aromatic nitrogens is 2.